The summed E-state index contributed by atoms with van der Waals surface area (Å²) in [6.07, 6.45) is 2.96. The van der Waals surface area contributed by atoms with Crippen molar-refractivity contribution < 1.29 is 4.79 Å². The van der Waals surface area contributed by atoms with Crippen LogP contribution < -0.4 is 5.32 Å². The van der Waals surface area contributed by atoms with E-state index in [2.05, 4.69) is 30.9 Å². The van der Waals surface area contributed by atoms with Crippen LogP contribution in [0.15, 0.2) is 60.3 Å². The number of anilines is 1. The third-order valence-corrected chi connectivity index (χ3v) is 5.07. The van der Waals surface area contributed by atoms with Gasteiger partial charge in [0.05, 0.1) is 22.8 Å². The van der Waals surface area contributed by atoms with Gasteiger partial charge < -0.3 is 5.32 Å². The van der Waals surface area contributed by atoms with Crippen molar-refractivity contribution in [2.75, 3.05) is 11.1 Å². The van der Waals surface area contributed by atoms with Crippen molar-refractivity contribution in [2.45, 2.75) is 12.1 Å². The number of rotatable bonds is 6. The lowest BCUT2D eigenvalue weighted by Gasteiger charge is -2.11. The fourth-order valence-corrected chi connectivity index (χ4v) is 3.51. The van der Waals surface area contributed by atoms with Crippen molar-refractivity contribution in [1.29, 1.82) is 0 Å². The molecule has 29 heavy (non-hydrogen) atoms. The molecule has 2 aromatic carbocycles. The zero-order valence-electron chi connectivity index (χ0n) is 15.2. The van der Waals surface area contributed by atoms with Crippen LogP contribution in [0.1, 0.15) is 5.56 Å². The van der Waals surface area contributed by atoms with Gasteiger partial charge in [-0.15, -0.1) is 5.10 Å². The van der Waals surface area contributed by atoms with E-state index < -0.39 is 0 Å². The summed E-state index contributed by atoms with van der Waals surface area (Å²) < 4.78 is 3.16. The lowest BCUT2D eigenvalue weighted by atomic mass is 10.2. The van der Waals surface area contributed by atoms with E-state index in [4.69, 9.17) is 11.6 Å². The van der Waals surface area contributed by atoms with Crippen LogP contribution in [-0.2, 0) is 4.79 Å². The second-order valence-electron chi connectivity index (χ2n) is 6.05. The van der Waals surface area contributed by atoms with Gasteiger partial charge in [-0.25, -0.2) is 9.67 Å². The molecule has 0 aliphatic rings. The Labute approximate surface area is 175 Å². The number of aryl methyl sites for hydroxylation is 1. The Hall–Kier alpha value is -3.24. The highest BCUT2D eigenvalue weighted by molar-refractivity contribution is 7.99. The Balaban J connectivity index is 1.47. The Morgan fingerprint density at radius 1 is 1.24 bits per heavy atom. The van der Waals surface area contributed by atoms with Crippen LogP contribution in [0.5, 0.6) is 0 Å². The number of carbonyl (C=O) groups excluding carboxylic acids is 1. The number of aromatic nitrogens is 7. The number of carbonyl (C=O) groups is 1. The van der Waals surface area contributed by atoms with Gasteiger partial charge in [-0.2, -0.15) is 9.78 Å². The first-order valence-electron chi connectivity index (χ1n) is 8.53. The van der Waals surface area contributed by atoms with Gasteiger partial charge in [0.1, 0.15) is 12.7 Å². The second kappa shape index (κ2) is 8.41. The highest BCUT2D eigenvalue weighted by Gasteiger charge is 2.14. The van der Waals surface area contributed by atoms with Crippen molar-refractivity contribution in [3.05, 3.63) is 65.7 Å². The van der Waals surface area contributed by atoms with Crippen LogP contribution in [0, 0.1) is 6.92 Å². The van der Waals surface area contributed by atoms with Crippen LogP contribution in [0.3, 0.4) is 0 Å². The molecule has 146 valence electrons. The number of hydrogen-bond acceptors (Lipinski definition) is 7. The van der Waals surface area contributed by atoms with Gasteiger partial charge in [-0.05, 0) is 53.2 Å². The average molecular weight is 427 g/mol. The van der Waals surface area contributed by atoms with Gasteiger partial charge in [-0.3, -0.25) is 4.79 Å². The minimum Gasteiger partial charge on any atom is -0.323 e. The third-order valence-electron chi connectivity index (χ3n) is 3.92. The smallest absolute Gasteiger partial charge is 0.234 e. The van der Waals surface area contributed by atoms with E-state index in [1.165, 1.54) is 18.1 Å². The molecule has 4 rings (SSSR count). The second-order valence-corrected chi connectivity index (χ2v) is 7.43. The SMILES string of the molecule is Cc1cccc(-n2nnnc2SCC(=O)Nc2cc(Cl)ccc2-n2cncn2)c1. The molecule has 4 aromatic rings. The minimum absolute atomic E-state index is 0.121. The lowest BCUT2D eigenvalue weighted by Crippen LogP contribution is -2.16. The number of nitrogens with zero attached hydrogens (tertiary/aromatic N) is 7. The monoisotopic (exact) mass is 426 g/mol. The minimum atomic E-state index is -0.225. The summed E-state index contributed by atoms with van der Waals surface area (Å²) in [5, 5.41) is 19.7. The molecular weight excluding hydrogens is 412 g/mol. The van der Waals surface area contributed by atoms with Gasteiger partial charge in [0.2, 0.25) is 11.1 Å². The fourth-order valence-electron chi connectivity index (χ4n) is 2.65. The van der Waals surface area contributed by atoms with Crippen molar-refractivity contribution in [3.8, 4) is 11.4 Å². The number of thioether (sulfide) groups is 1. The Morgan fingerprint density at radius 3 is 2.93 bits per heavy atom. The number of benzene rings is 2. The van der Waals surface area contributed by atoms with Crippen LogP contribution in [0.25, 0.3) is 11.4 Å². The lowest BCUT2D eigenvalue weighted by molar-refractivity contribution is -0.113. The predicted octanol–water partition coefficient (Wildman–Crippen LogP) is 2.94. The van der Waals surface area contributed by atoms with E-state index in [9.17, 15) is 4.79 Å². The van der Waals surface area contributed by atoms with Crippen LogP contribution in [-0.4, -0.2) is 46.6 Å². The summed E-state index contributed by atoms with van der Waals surface area (Å²) in [5.74, 6) is -0.104. The first-order valence-corrected chi connectivity index (χ1v) is 9.89. The molecule has 0 bridgehead atoms. The number of tetrazole rings is 1. The summed E-state index contributed by atoms with van der Waals surface area (Å²) in [6.45, 7) is 1.99. The molecule has 2 heterocycles. The molecule has 2 aromatic heterocycles. The summed E-state index contributed by atoms with van der Waals surface area (Å²) >= 11 is 7.33. The van der Waals surface area contributed by atoms with Crippen molar-refractivity contribution in [1.82, 2.24) is 35.0 Å². The van der Waals surface area contributed by atoms with Gasteiger partial charge in [-0.1, -0.05) is 35.5 Å². The topological polar surface area (TPSA) is 103 Å². The molecule has 0 aliphatic carbocycles. The molecule has 0 atom stereocenters. The van der Waals surface area contributed by atoms with Crippen LogP contribution in [0.4, 0.5) is 5.69 Å². The largest absolute Gasteiger partial charge is 0.323 e. The van der Waals surface area contributed by atoms with Crippen molar-refractivity contribution in [3.63, 3.8) is 0 Å². The molecule has 0 radical (unpaired) electrons. The molecule has 11 heteroatoms. The maximum Gasteiger partial charge on any atom is 0.234 e. The van der Waals surface area contributed by atoms with E-state index >= 15 is 0 Å². The van der Waals surface area contributed by atoms with Crippen molar-refractivity contribution >= 4 is 35.0 Å². The molecule has 0 saturated heterocycles. The normalized spacial score (nSPS) is 10.8. The summed E-state index contributed by atoms with van der Waals surface area (Å²) in [7, 11) is 0. The highest BCUT2D eigenvalue weighted by atomic mass is 35.5. The van der Waals surface area contributed by atoms with Gasteiger partial charge in [0.15, 0.2) is 0 Å². The average Bonchev–Trinajstić information content (AvgIpc) is 3.38. The molecule has 0 saturated carbocycles. The predicted molar refractivity (Wildman–Crippen MR) is 110 cm³/mol. The first kappa shape index (κ1) is 19.1. The van der Waals surface area contributed by atoms with E-state index in [-0.39, 0.29) is 11.7 Å². The first-order chi connectivity index (χ1) is 14.1. The maximum atomic E-state index is 12.5. The Bertz CT molecular complexity index is 1140. The standard InChI is InChI=1S/C18H15ClN8OS/c1-12-3-2-4-14(7-12)27-18(23-24-25-27)29-9-17(28)22-15-8-13(19)5-6-16(15)26-11-20-10-21-26/h2-8,10-11H,9H2,1H3,(H,22,28). The third kappa shape index (κ3) is 4.44. The van der Waals surface area contributed by atoms with Gasteiger partial charge in [0.25, 0.3) is 0 Å². The van der Waals surface area contributed by atoms with E-state index in [0.717, 1.165) is 11.3 Å². The van der Waals surface area contributed by atoms with Gasteiger partial charge >= 0.3 is 0 Å². The molecule has 0 fully saturated rings. The fraction of sp³-hybridized carbons (Fsp3) is 0.111. The van der Waals surface area contributed by atoms with Crippen LogP contribution >= 0.6 is 23.4 Å². The molecular formula is C18H15ClN8OS. The van der Waals surface area contributed by atoms with E-state index in [1.54, 1.807) is 33.9 Å². The zero-order chi connectivity index (χ0) is 20.2. The molecule has 1 amide bonds. The molecule has 0 aliphatic heterocycles. The Morgan fingerprint density at radius 2 is 2.14 bits per heavy atom. The van der Waals surface area contributed by atoms with Crippen molar-refractivity contribution in [2.24, 2.45) is 0 Å². The summed E-state index contributed by atoms with van der Waals surface area (Å²) in [4.78, 5) is 16.5. The summed E-state index contributed by atoms with van der Waals surface area (Å²) in [6, 6.07) is 12.9. The van der Waals surface area contributed by atoms with Gasteiger partial charge in [0, 0.05) is 5.02 Å². The maximum absolute atomic E-state index is 12.5. The number of amides is 1. The highest BCUT2D eigenvalue weighted by Crippen LogP contribution is 2.25. The van der Waals surface area contributed by atoms with E-state index in [1.807, 2.05) is 31.2 Å². The number of nitrogens with one attached hydrogen (secondary N) is 1. The number of hydrogen-bond donors (Lipinski definition) is 1. The summed E-state index contributed by atoms with van der Waals surface area (Å²) in [5.41, 5.74) is 3.12. The molecule has 0 unspecified atom stereocenters. The molecule has 9 nitrogen and oxygen atoms in total. The molecule has 0 spiro atoms. The van der Waals surface area contributed by atoms with Crippen LogP contribution in [0.2, 0.25) is 5.02 Å². The number of halogens is 1. The quantitative estimate of drug-likeness (QED) is 0.472. The van der Waals surface area contributed by atoms with E-state index in [0.29, 0.717) is 21.6 Å². The Kier molecular flexibility index (Phi) is 5.54. The molecule has 1 N–H and O–H groups in total. The zero-order valence-corrected chi connectivity index (χ0v) is 16.8.